The van der Waals surface area contributed by atoms with Crippen LogP contribution >= 0.6 is 0 Å². The number of fused-ring (bicyclic) bond motifs is 1. The molecular formula is C15H26N4O4. The maximum Gasteiger partial charge on any atom is 0.352 e. The van der Waals surface area contributed by atoms with Crippen molar-refractivity contribution in [2.75, 3.05) is 6.54 Å². The van der Waals surface area contributed by atoms with Crippen molar-refractivity contribution < 1.29 is 19.8 Å². The molecule has 3 atom stereocenters. The molecule has 8 heteroatoms. The van der Waals surface area contributed by atoms with Crippen LogP contribution in [-0.4, -0.2) is 40.6 Å². The van der Waals surface area contributed by atoms with E-state index >= 15 is 0 Å². The zero-order valence-corrected chi connectivity index (χ0v) is 13.3. The smallest absolute Gasteiger partial charge is 0.352 e. The second kappa shape index (κ2) is 8.83. The molecule has 1 aliphatic carbocycles. The molecule has 0 radical (unpaired) electrons. The van der Waals surface area contributed by atoms with E-state index in [1.54, 1.807) is 0 Å². The number of hydrazine groups is 1. The Morgan fingerprint density at radius 3 is 2.61 bits per heavy atom. The molecule has 130 valence electrons. The molecule has 3 unspecified atom stereocenters. The number of carbonyl (C=O) groups is 2. The van der Waals surface area contributed by atoms with Crippen LogP contribution in [0.3, 0.4) is 0 Å². The van der Waals surface area contributed by atoms with Gasteiger partial charge in [0.15, 0.2) is 0 Å². The summed E-state index contributed by atoms with van der Waals surface area (Å²) in [6, 6.07) is 0. The highest BCUT2D eigenvalue weighted by Gasteiger charge is 2.34. The van der Waals surface area contributed by atoms with Gasteiger partial charge in [-0.1, -0.05) is 12.8 Å². The number of carboxylic acid groups (broad SMARTS) is 2. The molecule has 2 aliphatic rings. The molecule has 8 nitrogen and oxygen atoms in total. The Bertz CT molecular complexity index is 453. The fraction of sp³-hybridized carbons (Fsp3) is 0.800. The van der Waals surface area contributed by atoms with Crippen LogP contribution in [0.5, 0.6) is 0 Å². The van der Waals surface area contributed by atoms with Gasteiger partial charge in [-0.15, -0.1) is 0 Å². The molecule has 0 aromatic carbocycles. The fourth-order valence-corrected chi connectivity index (χ4v) is 3.39. The fourth-order valence-electron chi connectivity index (χ4n) is 3.39. The molecule has 1 saturated carbocycles. The van der Waals surface area contributed by atoms with Gasteiger partial charge in [-0.2, -0.15) is 5.10 Å². The van der Waals surface area contributed by atoms with Crippen LogP contribution in [0.2, 0.25) is 0 Å². The first kappa shape index (κ1) is 17.7. The summed E-state index contributed by atoms with van der Waals surface area (Å²) in [6.45, 7) is 0.938. The van der Waals surface area contributed by atoms with Gasteiger partial charge in [0.25, 0.3) is 0 Å². The van der Waals surface area contributed by atoms with Gasteiger partial charge in [0.2, 0.25) is 0 Å². The van der Waals surface area contributed by atoms with Crippen LogP contribution in [0, 0.1) is 11.8 Å². The number of nitrogens with one attached hydrogen (secondary N) is 3. The van der Waals surface area contributed by atoms with Crippen molar-refractivity contribution in [1.82, 2.24) is 16.3 Å². The average Bonchev–Trinajstić information content (AvgIpc) is 2.53. The lowest BCUT2D eigenvalue weighted by molar-refractivity contribution is -0.137. The number of rotatable bonds is 8. The third kappa shape index (κ3) is 5.47. The minimum atomic E-state index is -1.06. The lowest BCUT2D eigenvalue weighted by atomic mass is 9.77. The first-order valence-corrected chi connectivity index (χ1v) is 8.33. The second-order valence-corrected chi connectivity index (χ2v) is 6.30. The number of carboxylic acids is 2. The molecule has 2 fully saturated rings. The van der Waals surface area contributed by atoms with Crippen LogP contribution in [-0.2, 0) is 9.59 Å². The van der Waals surface area contributed by atoms with E-state index in [1.165, 1.54) is 19.3 Å². The van der Waals surface area contributed by atoms with Crippen molar-refractivity contribution in [2.24, 2.45) is 16.9 Å². The lowest BCUT2D eigenvalue weighted by Gasteiger charge is -2.41. The summed E-state index contributed by atoms with van der Waals surface area (Å²) >= 11 is 0. The van der Waals surface area contributed by atoms with E-state index in [2.05, 4.69) is 21.4 Å². The summed E-state index contributed by atoms with van der Waals surface area (Å²) in [5, 5.41) is 21.9. The summed E-state index contributed by atoms with van der Waals surface area (Å²) < 4.78 is 0. The standard InChI is InChI=1S/C15H26N4O4/c20-13(21)8-4-3-7-12(15(22)23)17-19-14-11-6-2-1-5-10(11)9-16-18-14/h10-11,14,16,18-19H,1-9H2,(H,20,21)(H,22,23)/b17-12+. The SMILES string of the molecule is O=C(O)CCCC/C(=N\NC1NNCC2CCCCC21)C(=O)O. The summed E-state index contributed by atoms with van der Waals surface area (Å²) in [7, 11) is 0. The van der Waals surface area contributed by atoms with Crippen LogP contribution in [0.25, 0.3) is 0 Å². The average molecular weight is 326 g/mol. The number of hydrogen-bond acceptors (Lipinski definition) is 6. The van der Waals surface area contributed by atoms with Gasteiger partial charge in [-0.3, -0.25) is 15.6 Å². The van der Waals surface area contributed by atoms with E-state index in [1.807, 2.05) is 0 Å². The molecule has 1 saturated heterocycles. The zero-order valence-electron chi connectivity index (χ0n) is 13.3. The topological polar surface area (TPSA) is 123 Å². The number of hydrogen-bond donors (Lipinski definition) is 5. The van der Waals surface area contributed by atoms with E-state index in [-0.39, 0.29) is 24.7 Å². The van der Waals surface area contributed by atoms with Gasteiger partial charge in [0, 0.05) is 13.0 Å². The molecule has 23 heavy (non-hydrogen) atoms. The molecule has 2 rings (SSSR count). The molecule has 1 aliphatic heterocycles. The van der Waals surface area contributed by atoms with Gasteiger partial charge in [-0.05, 0) is 43.9 Å². The van der Waals surface area contributed by atoms with Crippen molar-refractivity contribution in [3.05, 3.63) is 0 Å². The van der Waals surface area contributed by atoms with Crippen molar-refractivity contribution in [3.63, 3.8) is 0 Å². The molecule has 5 N–H and O–H groups in total. The highest BCUT2D eigenvalue weighted by Crippen LogP contribution is 2.32. The highest BCUT2D eigenvalue weighted by molar-refractivity contribution is 6.35. The molecule has 0 bridgehead atoms. The number of nitrogens with zero attached hydrogens (tertiary/aromatic N) is 1. The van der Waals surface area contributed by atoms with Crippen LogP contribution in [0.1, 0.15) is 51.4 Å². The molecule has 0 amide bonds. The maximum atomic E-state index is 11.3. The predicted octanol–water partition coefficient (Wildman–Crippen LogP) is 0.902. The first-order chi connectivity index (χ1) is 11.1. The van der Waals surface area contributed by atoms with E-state index < -0.39 is 11.9 Å². The normalized spacial score (nSPS) is 28.0. The number of aliphatic carboxylic acids is 2. The van der Waals surface area contributed by atoms with Crippen molar-refractivity contribution in [3.8, 4) is 0 Å². The van der Waals surface area contributed by atoms with E-state index in [0.29, 0.717) is 24.7 Å². The van der Waals surface area contributed by atoms with Gasteiger partial charge in [0.05, 0.1) is 0 Å². The zero-order chi connectivity index (χ0) is 16.7. The van der Waals surface area contributed by atoms with Crippen LogP contribution in [0.15, 0.2) is 5.10 Å². The number of hydrazone groups is 1. The van der Waals surface area contributed by atoms with Gasteiger partial charge in [-0.25, -0.2) is 10.2 Å². The highest BCUT2D eigenvalue weighted by atomic mass is 16.4. The van der Waals surface area contributed by atoms with E-state index in [9.17, 15) is 14.7 Å². The van der Waals surface area contributed by atoms with Crippen molar-refractivity contribution in [1.29, 1.82) is 0 Å². The van der Waals surface area contributed by atoms with Gasteiger partial charge >= 0.3 is 11.9 Å². The number of unbranched alkanes of at least 4 members (excludes halogenated alkanes) is 1. The first-order valence-electron chi connectivity index (χ1n) is 8.33. The quantitative estimate of drug-likeness (QED) is 0.255. The summed E-state index contributed by atoms with van der Waals surface area (Å²) in [6.07, 6.45) is 5.98. The van der Waals surface area contributed by atoms with Crippen molar-refractivity contribution in [2.45, 2.75) is 57.5 Å². The third-order valence-electron chi connectivity index (χ3n) is 4.66. The molecule has 0 spiro atoms. The lowest BCUT2D eigenvalue weighted by Crippen LogP contribution is -2.61. The third-order valence-corrected chi connectivity index (χ3v) is 4.66. The van der Waals surface area contributed by atoms with E-state index in [4.69, 9.17) is 5.11 Å². The molecule has 0 aromatic rings. The monoisotopic (exact) mass is 326 g/mol. The Morgan fingerprint density at radius 1 is 1.13 bits per heavy atom. The predicted molar refractivity (Wildman–Crippen MR) is 84.7 cm³/mol. The second-order valence-electron chi connectivity index (χ2n) is 6.30. The van der Waals surface area contributed by atoms with Crippen LogP contribution < -0.4 is 16.3 Å². The largest absolute Gasteiger partial charge is 0.481 e. The Morgan fingerprint density at radius 2 is 1.87 bits per heavy atom. The Labute approximate surface area is 135 Å². The minimum absolute atomic E-state index is 0.0510. The summed E-state index contributed by atoms with van der Waals surface area (Å²) in [5.74, 6) is -0.869. The minimum Gasteiger partial charge on any atom is -0.481 e. The van der Waals surface area contributed by atoms with Crippen LogP contribution in [0.4, 0.5) is 0 Å². The van der Waals surface area contributed by atoms with E-state index in [0.717, 1.165) is 13.0 Å². The molecule has 0 aromatic heterocycles. The summed E-state index contributed by atoms with van der Waals surface area (Å²) in [4.78, 5) is 21.7. The Kier molecular flexibility index (Phi) is 6.79. The van der Waals surface area contributed by atoms with Gasteiger partial charge in [0.1, 0.15) is 11.9 Å². The summed E-state index contributed by atoms with van der Waals surface area (Å²) in [5.41, 5.74) is 9.33. The Balaban J connectivity index is 1.86. The van der Waals surface area contributed by atoms with Crippen molar-refractivity contribution >= 4 is 17.7 Å². The molecular weight excluding hydrogens is 300 g/mol. The van der Waals surface area contributed by atoms with Gasteiger partial charge < -0.3 is 10.2 Å². The molecule has 1 heterocycles. The maximum absolute atomic E-state index is 11.3. The Hall–Kier alpha value is -1.67.